The molecule has 0 aliphatic carbocycles. The highest BCUT2D eigenvalue weighted by Gasteiger charge is 2.35. The van der Waals surface area contributed by atoms with Crippen LogP contribution in [0.3, 0.4) is 0 Å². The predicted octanol–water partition coefficient (Wildman–Crippen LogP) is 5.64. The van der Waals surface area contributed by atoms with Gasteiger partial charge in [0.2, 0.25) is 0 Å². The number of hydrogen-bond donors (Lipinski definition) is 2. The Balaban J connectivity index is 1.43. The van der Waals surface area contributed by atoms with Gasteiger partial charge in [-0.3, -0.25) is 14.6 Å². The molecule has 3 heterocycles. The van der Waals surface area contributed by atoms with Gasteiger partial charge in [0.25, 0.3) is 11.8 Å². The molecule has 0 saturated carbocycles. The summed E-state index contributed by atoms with van der Waals surface area (Å²) in [4.78, 5) is 30.5. The van der Waals surface area contributed by atoms with Crippen molar-refractivity contribution >= 4 is 11.8 Å². The quantitative estimate of drug-likeness (QED) is 0.330. The third kappa shape index (κ3) is 5.31. The van der Waals surface area contributed by atoms with Crippen LogP contribution >= 0.6 is 0 Å². The van der Waals surface area contributed by atoms with Gasteiger partial charge in [-0.2, -0.15) is 0 Å². The van der Waals surface area contributed by atoms with E-state index in [1.54, 1.807) is 42.7 Å². The number of rotatable bonds is 8. The Labute approximate surface area is 214 Å². The topological polar surface area (TPSA) is 84.2 Å². The van der Waals surface area contributed by atoms with E-state index < -0.39 is 0 Å². The Kier molecular flexibility index (Phi) is 6.86. The van der Waals surface area contributed by atoms with E-state index in [-0.39, 0.29) is 29.6 Å². The number of nitrogens with zero attached hydrogens (tertiary/aromatic N) is 1. The van der Waals surface area contributed by atoms with Crippen molar-refractivity contribution in [3.05, 3.63) is 113 Å². The molecule has 2 N–H and O–H groups in total. The number of hydrogen-bond acceptors (Lipinski definition) is 4. The van der Waals surface area contributed by atoms with Gasteiger partial charge in [0.15, 0.2) is 0 Å². The fourth-order valence-electron chi connectivity index (χ4n) is 4.61. The zero-order valence-corrected chi connectivity index (χ0v) is 20.8. The van der Waals surface area contributed by atoms with Crippen LogP contribution in [-0.2, 0) is 19.4 Å². The minimum absolute atomic E-state index is 0.137. The van der Waals surface area contributed by atoms with Crippen molar-refractivity contribution in [1.82, 2.24) is 15.6 Å². The van der Waals surface area contributed by atoms with E-state index in [1.165, 1.54) is 12.1 Å². The molecule has 0 saturated heterocycles. The minimum Gasteiger partial charge on any atom is -0.467 e. The molecule has 1 aliphatic heterocycles. The summed E-state index contributed by atoms with van der Waals surface area (Å²) in [5.74, 6) is 0.251. The van der Waals surface area contributed by atoms with Crippen molar-refractivity contribution in [3.63, 3.8) is 0 Å². The SMILES string of the molecule is CC(C)C1NC(=O)c2c(-c3ccc(C(=O)NCc4ccco4)cc3)cc(CCc3ccc(F)cc3)nc21. The molecule has 6 nitrogen and oxygen atoms in total. The van der Waals surface area contributed by atoms with E-state index in [2.05, 4.69) is 24.5 Å². The number of amides is 2. The summed E-state index contributed by atoms with van der Waals surface area (Å²) in [6, 6.07) is 19.1. The molecule has 1 aliphatic rings. The molecule has 4 aromatic rings. The van der Waals surface area contributed by atoms with E-state index in [0.717, 1.165) is 28.1 Å². The zero-order valence-electron chi connectivity index (χ0n) is 20.8. The summed E-state index contributed by atoms with van der Waals surface area (Å²) < 4.78 is 18.6. The molecule has 0 spiro atoms. The summed E-state index contributed by atoms with van der Waals surface area (Å²) in [6.45, 7) is 4.42. The standard InChI is InChI=1S/C30H28FN3O3/c1-18(2)27-28-26(30(36)34-27)25(16-23(33-28)14-7-19-5-12-22(31)13-6-19)20-8-10-21(11-9-20)29(35)32-17-24-4-3-15-37-24/h3-6,8-13,15-16,18,27H,7,14,17H2,1-2H3,(H,32,35)(H,34,36). The summed E-state index contributed by atoms with van der Waals surface area (Å²) in [7, 11) is 0. The maximum Gasteiger partial charge on any atom is 0.254 e. The van der Waals surface area contributed by atoms with Crippen LogP contribution in [0.1, 0.15) is 63.3 Å². The van der Waals surface area contributed by atoms with E-state index in [4.69, 9.17) is 9.40 Å². The van der Waals surface area contributed by atoms with E-state index in [1.807, 2.05) is 18.2 Å². The highest BCUT2D eigenvalue weighted by Crippen LogP contribution is 2.36. The number of furan rings is 1. The fourth-order valence-corrected chi connectivity index (χ4v) is 4.61. The molecule has 5 rings (SSSR count). The van der Waals surface area contributed by atoms with Gasteiger partial charge in [-0.25, -0.2) is 4.39 Å². The van der Waals surface area contributed by atoms with Crippen LogP contribution in [0.15, 0.2) is 77.4 Å². The smallest absolute Gasteiger partial charge is 0.254 e. The van der Waals surface area contributed by atoms with Crippen LogP contribution in [0.25, 0.3) is 11.1 Å². The first-order chi connectivity index (χ1) is 17.9. The molecule has 2 amide bonds. The van der Waals surface area contributed by atoms with Crippen LogP contribution in [-0.4, -0.2) is 16.8 Å². The van der Waals surface area contributed by atoms with Gasteiger partial charge in [0.05, 0.1) is 30.1 Å². The lowest BCUT2D eigenvalue weighted by Crippen LogP contribution is -2.23. The average Bonchev–Trinajstić information content (AvgIpc) is 3.54. The molecule has 7 heteroatoms. The normalized spacial score (nSPS) is 14.5. The molecule has 2 aromatic heterocycles. The Bertz CT molecular complexity index is 1410. The molecule has 1 unspecified atom stereocenters. The van der Waals surface area contributed by atoms with Gasteiger partial charge < -0.3 is 15.1 Å². The van der Waals surface area contributed by atoms with Gasteiger partial charge in [0.1, 0.15) is 11.6 Å². The number of nitrogens with one attached hydrogen (secondary N) is 2. The molecular formula is C30H28FN3O3. The third-order valence-corrected chi connectivity index (χ3v) is 6.62. The lowest BCUT2D eigenvalue weighted by molar-refractivity contribution is 0.0940. The summed E-state index contributed by atoms with van der Waals surface area (Å²) >= 11 is 0. The first-order valence-electron chi connectivity index (χ1n) is 12.4. The predicted molar refractivity (Wildman–Crippen MR) is 138 cm³/mol. The number of pyridine rings is 1. The number of fused-ring (bicyclic) bond motifs is 1. The Morgan fingerprint density at radius 3 is 2.51 bits per heavy atom. The van der Waals surface area contributed by atoms with Crippen LogP contribution in [0.4, 0.5) is 4.39 Å². The number of halogens is 1. The Morgan fingerprint density at radius 1 is 1.08 bits per heavy atom. The van der Waals surface area contributed by atoms with Crippen LogP contribution in [0, 0.1) is 11.7 Å². The minimum atomic E-state index is -0.260. The maximum absolute atomic E-state index is 13.3. The molecule has 0 radical (unpaired) electrons. The van der Waals surface area contributed by atoms with Gasteiger partial charge >= 0.3 is 0 Å². The molecule has 0 fully saturated rings. The summed E-state index contributed by atoms with van der Waals surface area (Å²) in [5, 5.41) is 5.92. The van der Waals surface area contributed by atoms with Gasteiger partial charge in [0, 0.05) is 11.3 Å². The summed E-state index contributed by atoms with van der Waals surface area (Å²) in [5.41, 5.74) is 5.37. The second-order valence-electron chi connectivity index (χ2n) is 9.58. The molecule has 37 heavy (non-hydrogen) atoms. The lowest BCUT2D eigenvalue weighted by Gasteiger charge is -2.16. The van der Waals surface area contributed by atoms with E-state index in [9.17, 15) is 14.0 Å². The Morgan fingerprint density at radius 2 is 1.84 bits per heavy atom. The van der Waals surface area contributed by atoms with Crippen molar-refractivity contribution in [2.24, 2.45) is 5.92 Å². The van der Waals surface area contributed by atoms with Crippen molar-refractivity contribution in [2.45, 2.75) is 39.3 Å². The van der Waals surface area contributed by atoms with Crippen molar-refractivity contribution in [3.8, 4) is 11.1 Å². The van der Waals surface area contributed by atoms with Crippen LogP contribution in [0.2, 0.25) is 0 Å². The lowest BCUT2D eigenvalue weighted by atomic mass is 9.93. The first-order valence-corrected chi connectivity index (χ1v) is 12.4. The number of aromatic nitrogens is 1. The highest BCUT2D eigenvalue weighted by molar-refractivity contribution is 6.05. The maximum atomic E-state index is 13.3. The fraction of sp³-hybridized carbons (Fsp3) is 0.233. The molecular weight excluding hydrogens is 469 g/mol. The molecule has 188 valence electrons. The zero-order chi connectivity index (χ0) is 25.9. The van der Waals surface area contributed by atoms with Gasteiger partial charge in [-0.05, 0) is 77.9 Å². The molecule has 2 aromatic carbocycles. The van der Waals surface area contributed by atoms with Crippen LogP contribution in [0.5, 0.6) is 0 Å². The van der Waals surface area contributed by atoms with Gasteiger partial charge in [-0.15, -0.1) is 0 Å². The molecule has 0 bridgehead atoms. The number of carbonyl (C=O) groups is 2. The second-order valence-corrected chi connectivity index (χ2v) is 9.58. The Hall–Kier alpha value is -4.26. The first kappa shape index (κ1) is 24.4. The highest BCUT2D eigenvalue weighted by atomic mass is 19.1. The van der Waals surface area contributed by atoms with Crippen LogP contribution < -0.4 is 10.6 Å². The number of carbonyl (C=O) groups excluding carboxylic acids is 2. The van der Waals surface area contributed by atoms with Crippen molar-refractivity contribution < 1.29 is 18.4 Å². The third-order valence-electron chi connectivity index (χ3n) is 6.62. The average molecular weight is 498 g/mol. The van der Waals surface area contributed by atoms with E-state index >= 15 is 0 Å². The van der Waals surface area contributed by atoms with Crippen molar-refractivity contribution in [1.29, 1.82) is 0 Å². The summed E-state index contributed by atoms with van der Waals surface area (Å²) in [6.07, 6.45) is 2.92. The van der Waals surface area contributed by atoms with Gasteiger partial charge in [-0.1, -0.05) is 38.1 Å². The largest absolute Gasteiger partial charge is 0.467 e. The number of benzene rings is 2. The van der Waals surface area contributed by atoms with E-state index in [0.29, 0.717) is 36.3 Å². The second kappa shape index (κ2) is 10.4. The number of aryl methyl sites for hydroxylation is 2. The van der Waals surface area contributed by atoms with Crippen molar-refractivity contribution in [2.75, 3.05) is 0 Å². The monoisotopic (exact) mass is 497 g/mol. The molecule has 1 atom stereocenters.